The minimum Gasteiger partial charge on any atom is -0.481 e. The first-order valence-corrected chi connectivity index (χ1v) is 11.2. The number of halogens is 2. The highest BCUT2D eigenvalue weighted by Gasteiger charge is 2.33. The van der Waals surface area contributed by atoms with Crippen LogP contribution < -0.4 is 4.90 Å². The number of likely N-dealkylation sites (tertiary alicyclic amines) is 1. The predicted molar refractivity (Wildman–Crippen MR) is 121 cm³/mol. The van der Waals surface area contributed by atoms with Crippen LogP contribution in [0.4, 0.5) is 5.69 Å². The van der Waals surface area contributed by atoms with Gasteiger partial charge in [-0.05, 0) is 69.1 Å². The van der Waals surface area contributed by atoms with E-state index in [2.05, 4.69) is 29.7 Å². The number of para-hydroxylation sites is 1. The van der Waals surface area contributed by atoms with Crippen molar-refractivity contribution >= 4 is 34.9 Å². The number of carboxylic acids is 1. The summed E-state index contributed by atoms with van der Waals surface area (Å²) in [6.45, 7) is 8.43. The molecule has 5 nitrogen and oxygen atoms in total. The molecule has 2 aliphatic heterocycles. The topological polar surface area (TPSA) is 56.7 Å². The Morgan fingerprint density at radius 1 is 1.17 bits per heavy atom. The molecule has 7 heteroatoms. The zero-order chi connectivity index (χ0) is 21.4. The number of hydrogen-bond donors (Lipinski definition) is 1. The highest BCUT2D eigenvalue weighted by atomic mass is 35.5. The van der Waals surface area contributed by atoms with Gasteiger partial charge in [0, 0.05) is 31.2 Å². The van der Waals surface area contributed by atoms with Crippen molar-refractivity contribution in [1.29, 1.82) is 0 Å². The van der Waals surface area contributed by atoms with Gasteiger partial charge in [-0.15, -0.1) is 0 Å². The summed E-state index contributed by atoms with van der Waals surface area (Å²) in [6.07, 6.45) is 1.43. The minimum absolute atomic E-state index is 0.201. The van der Waals surface area contributed by atoms with Crippen LogP contribution in [0.2, 0.25) is 10.0 Å². The van der Waals surface area contributed by atoms with Crippen molar-refractivity contribution in [1.82, 2.24) is 9.88 Å². The summed E-state index contributed by atoms with van der Waals surface area (Å²) in [5.74, 6) is -0.449. The van der Waals surface area contributed by atoms with Crippen LogP contribution in [-0.2, 0) is 11.3 Å². The zero-order valence-electron chi connectivity index (χ0n) is 17.4. The summed E-state index contributed by atoms with van der Waals surface area (Å²) >= 11 is 12.7. The molecule has 0 spiro atoms. The summed E-state index contributed by atoms with van der Waals surface area (Å²) < 4.78 is 0. The first-order valence-electron chi connectivity index (χ1n) is 10.4. The van der Waals surface area contributed by atoms with Gasteiger partial charge in [0.05, 0.1) is 27.3 Å². The van der Waals surface area contributed by atoms with E-state index in [9.17, 15) is 9.90 Å². The summed E-state index contributed by atoms with van der Waals surface area (Å²) in [6, 6.07) is 7.81. The molecule has 0 aliphatic carbocycles. The molecule has 0 radical (unpaired) electrons. The summed E-state index contributed by atoms with van der Waals surface area (Å²) in [7, 11) is 0. The number of rotatable bonds is 5. The Bertz CT molecular complexity index is 908. The maximum atomic E-state index is 11.1. The fourth-order valence-corrected chi connectivity index (χ4v) is 5.46. The van der Waals surface area contributed by atoms with Crippen molar-refractivity contribution in [3.8, 4) is 0 Å². The van der Waals surface area contributed by atoms with E-state index in [1.165, 1.54) is 11.1 Å². The predicted octanol–water partition coefficient (Wildman–Crippen LogP) is 4.91. The molecule has 160 valence electrons. The molecule has 0 atom stereocenters. The lowest BCUT2D eigenvalue weighted by Gasteiger charge is -2.43. The van der Waals surface area contributed by atoms with Gasteiger partial charge in [-0.1, -0.05) is 29.3 Å². The third-order valence-corrected chi connectivity index (χ3v) is 6.99. The van der Waals surface area contributed by atoms with Gasteiger partial charge in [0.1, 0.15) is 0 Å². The monoisotopic (exact) mass is 447 g/mol. The molecular weight excluding hydrogens is 421 g/mol. The molecule has 3 heterocycles. The number of benzene rings is 1. The molecular formula is C23H27Cl2N3O2. The van der Waals surface area contributed by atoms with E-state index in [0.29, 0.717) is 28.8 Å². The van der Waals surface area contributed by atoms with Gasteiger partial charge in [0.25, 0.3) is 0 Å². The summed E-state index contributed by atoms with van der Waals surface area (Å²) in [4.78, 5) is 20.6. The van der Waals surface area contributed by atoms with Gasteiger partial charge >= 0.3 is 5.97 Å². The SMILES string of the molecule is Cc1cc(CN2CCC(C(=O)O)CC2)nc(C)c1C1CN(c2c(Cl)cccc2Cl)C1. The van der Waals surface area contributed by atoms with Crippen LogP contribution in [0.15, 0.2) is 24.3 Å². The summed E-state index contributed by atoms with van der Waals surface area (Å²) in [5, 5.41) is 10.5. The second-order valence-electron chi connectivity index (χ2n) is 8.49. The second kappa shape index (κ2) is 8.74. The van der Waals surface area contributed by atoms with Crippen molar-refractivity contribution in [2.45, 2.75) is 39.2 Å². The molecule has 1 aromatic carbocycles. The number of hydrogen-bond acceptors (Lipinski definition) is 4. The number of carboxylic acid groups (broad SMARTS) is 1. The van der Waals surface area contributed by atoms with Crippen molar-refractivity contribution < 1.29 is 9.90 Å². The molecule has 2 aromatic rings. The lowest BCUT2D eigenvalue weighted by Crippen LogP contribution is -2.46. The van der Waals surface area contributed by atoms with Gasteiger partial charge in [0.2, 0.25) is 0 Å². The second-order valence-corrected chi connectivity index (χ2v) is 9.30. The van der Waals surface area contributed by atoms with Crippen molar-refractivity contribution in [2.24, 2.45) is 5.92 Å². The van der Waals surface area contributed by atoms with Crippen LogP contribution in [0, 0.1) is 19.8 Å². The number of aliphatic carboxylic acids is 1. The fourth-order valence-electron chi connectivity index (χ4n) is 4.82. The molecule has 2 saturated heterocycles. The Hall–Kier alpha value is -1.82. The highest BCUT2D eigenvalue weighted by molar-refractivity contribution is 6.39. The Labute approximate surface area is 187 Å². The smallest absolute Gasteiger partial charge is 0.306 e. The Morgan fingerprint density at radius 3 is 2.37 bits per heavy atom. The molecule has 1 aromatic heterocycles. The standard InChI is InChI=1S/C23H27Cl2N3O2/c1-14-10-18(13-27-8-6-16(7-9-27)23(29)30)26-15(2)21(14)17-11-28(12-17)22-19(24)4-3-5-20(22)25/h3-5,10,16-17H,6-9,11-13H2,1-2H3,(H,29,30). The summed E-state index contributed by atoms with van der Waals surface area (Å²) in [5.41, 5.74) is 5.66. The molecule has 2 fully saturated rings. The molecule has 0 bridgehead atoms. The van der Waals surface area contributed by atoms with Crippen LogP contribution in [-0.4, -0.2) is 47.1 Å². The van der Waals surface area contributed by atoms with Gasteiger partial charge < -0.3 is 10.0 Å². The van der Waals surface area contributed by atoms with Gasteiger partial charge in [-0.3, -0.25) is 14.7 Å². The van der Waals surface area contributed by atoms with E-state index < -0.39 is 5.97 Å². The molecule has 0 unspecified atom stereocenters. The van der Waals surface area contributed by atoms with E-state index in [4.69, 9.17) is 28.2 Å². The fraction of sp³-hybridized carbons (Fsp3) is 0.478. The number of aromatic nitrogens is 1. The van der Waals surface area contributed by atoms with Crippen LogP contribution in [0.25, 0.3) is 0 Å². The van der Waals surface area contributed by atoms with Crippen molar-refractivity contribution in [3.05, 3.63) is 56.8 Å². The Balaban J connectivity index is 1.41. The number of piperidine rings is 1. The maximum absolute atomic E-state index is 11.1. The first kappa shape index (κ1) is 21.4. The molecule has 30 heavy (non-hydrogen) atoms. The number of carbonyl (C=O) groups is 1. The van der Waals surface area contributed by atoms with Crippen LogP contribution >= 0.6 is 23.2 Å². The quantitative estimate of drug-likeness (QED) is 0.705. The van der Waals surface area contributed by atoms with E-state index in [1.807, 2.05) is 18.2 Å². The molecule has 0 saturated carbocycles. The van der Waals surface area contributed by atoms with Crippen molar-refractivity contribution in [3.63, 3.8) is 0 Å². The van der Waals surface area contributed by atoms with E-state index in [1.54, 1.807) is 0 Å². The van der Waals surface area contributed by atoms with E-state index in [0.717, 1.165) is 49.8 Å². The zero-order valence-corrected chi connectivity index (χ0v) is 18.9. The van der Waals surface area contributed by atoms with Crippen LogP contribution in [0.5, 0.6) is 0 Å². The highest BCUT2D eigenvalue weighted by Crippen LogP contribution is 2.41. The minimum atomic E-state index is -0.670. The van der Waals surface area contributed by atoms with Crippen LogP contribution in [0.3, 0.4) is 0 Å². The van der Waals surface area contributed by atoms with Crippen molar-refractivity contribution in [2.75, 3.05) is 31.1 Å². The third-order valence-electron chi connectivity index (χ3n) is 6.38. The molecule has 0 amide bonds. The Kier molecular flexibility index (Phi) is 6.24. The number of pyridine rings is 1. The average molecular weight is 448 g/mol. The lowest BCUT2D eigenvalue weighted by atomic mass is 9.86. The van der Waals surface area contributed by atoms with Gasteiger partial charge in [-0.25, -0.2) is 0 Å². The third kappa shape index (κ3) is 4.29. The normalized spacial score (nSPS) is 18.5. The molecule has 4 rings (SSSR count). The van der Waals surface area contributed by atoms with Gasteiger partial charge in [-0.2, -0.15) is 0 Å². The average Bonchev–Trinajstić information content (AvgIpc) is 2.65. The first-order chi connectivity index (χ1) is 14.3. The molecule has 2 aliphatic rings. The maximum Gasteiger partial charge on any atom is 0.306 e. The van der Waals surface area contributed by atoms with Gasteiger partial charge in [0.15, 0.2) is 0 Å². The lowest BCUT2D eigenvalue weighted by molar-refractivity contribution is -0.143. The number of nitrogens with zero attached hydrogens (tertiary/aromatic N) is 3. The molecule has 1 N–H and O–H groups in total. The largest absolute Gasteiger partial charge is 0.481 e. The number of anilines is 1. The Morgan fingerprint density at radius 2 is 1.80 bits per heavy atom. The number of aryl methyl sites for hydroxylation is 2. The van der Waals surface area contributed by atoms with E-state index >= 15 is 0 Å². The van der Waals surface area contributed by atoms with E-state index in [-0.39, 0.29) is 5.92 Å². The van der Waals surface area contributed by atoms with Crippen LogP contribution in [0.1, 0.15) is 41.3 Å².